The molecule has 0 aliphatic carbocycles. The van der Waals surface area contributed by atoms with E-state index in [1.54, 1.807) is 24.3 Å². The number of fused-ring (bicyclic) bond motifs is 1. The number of benzene rings is 2. The van der Waals surface area contributed by atoms with E-state index in [0.29, 0.717) is 16.3 Å². The van der Waals surface area contributed by atoms with E-state index in [2.05, 4.69) is 0 Å². The number of carboxylic acids is 1. The summed E-state index contributed by atoms with van der Waals surface area (Å²) in [6.45, 7) is 0. The van der Waals surface area contributed by atoms with Gasteiger partial charge in [-0.15, -0.1) is 0 Å². The zero-order chi connectivity index (χ0) is 15.9. The number of aliphatic carboxylic acids is 1. The summed E-state index contributed by atoms with van der Waals surface area (Å²) in [5.41, 5.74) is 1.11. The molecule has 1 aliphatic heterocycles. The largest absolute Gasteiger partial charge is 0.480 e. The number of rotatable bonds is 3. The van der Waals surface area contributed by atoms with E-state index in [4.69, 9.17) is 11.6 Å². The number of halogens is 1. The SMILES string of the molecule is O=C(O)C1Cc2ccccc2N1S(=O)(=O)c1ccc(Cl)cc1. The number of hydrogen-bond donors (Lipinski definition) is 1. The first kappa shape index (κ1) is 14.9. The number of anilines is 1. The third-order valence-electron chi connectivity index (χ3n) is 3.58. The number of sulfonamides is 1. The Bertz CT molecular complexity index is 833. The summed E-state index contributed by atoms with van der Waals surface area (Å²) in [7, 11) is -3.97. The average molecular weight is 338 g/mol. The molecule has 0 bridgehead atoms. The normalized spacial score (nSPS) is 17.3. The molecular formula is C15H12ClNO4S. The number of carboxylic acid groups (broad SMARTS) is 1. The highest BCUT2D eigenvalue weighted by Gasteiger charge is 2.42. The van der Waals surface area contributed by atoms with Gasteiger partial charge in [-0.25, -0.2) is 13.2 Å². The van der Waals surface area contributed by atoms with Crippen molar-refractivity contribution in [1.29, 1.82) is 0 Å². The molecule has 0 saturated heterocycles. The van der Waals surface area contributed by atoms with E-state index >= 15 is 0 Å². The first-order chi connectivity index (χ1) is 10.4. The zero-order valence-electron chi connectivity index (χ0n) is 11.3. The van der Waals surface area contributed by atoms with Crippen molar-refractivity contribution < 1.29 is 18.3 Å². The molecule has 0 spiro atoms. The van der Waals surface area contributed by atoms with Crippen molar-refractivity contribution in [1.82, 2.24) is 0 Å². The Morgan fingerprint density at radius 2 is 1.77 bits per heavy atom. The van der Waals surface area contributed by atoms with Crippen molar-refractivity contribution in [2.75, 3.05) is 4.31 Å². The number of carbonyl (C=O) groups is 1. The third-order valence-corrected chi connectivity index (χ3v) is 5.67. The second-order valence-corrected chi connectivity index (χ2v) is 7.19. The lowest BCUT2D eigenvalue weighted by atomic mass is 10.1. The fourth-order valence-electron chi connectivity index (χ4n) is 2.56. The molecule has 0 saturated carbocycles. The van der Waals surface area contributed by atoms with Crippen LogP contribution in [0.5, 0.6) is 0 Å². The Kier molecular flexibility index (Phi) is 3.58. The van der Waals surface area contributed by atoms with Gasteiger partial charge in [0.2, 0.25) is 0 Å². The Hall–Kier alpha value is -2.05. The summed E-state index contributed by atoms with van der Waals surface area (Å²) >= 11 is 5.78. The Balaban J connectivity index is 2.14. The lowest BCUT2D eigenvalue weighted by molar-refractivity contribution is -0.138. The highest BCUT2D eigenvalue weighted by atomic mass is 35.5. The van der Waals surface area contributed by atoms with Gasteiger partial charge in [0.15, 0.2) is 0 Å². The average Bonchev–Trinajstić information content (AvgIpc) is 2.88. The molecule has 3 rings (SSSR count). The minimum atomic E-state index is -3.97. The summed E-state index contributed by atoms with van der Waals surface area (Å²) in [5.74, 6) is -1.17. The van der Waals surface area contributed by atoms with E-state index in [0.717, 1.165) is 4.31 Å². The van der Waals surface area contributed by atoms with Gasteiger partial charge in [0.1, 0.15) is 6.04 Å². The van der Waals surface area contributed by atoms with Crippen LogP contribution in [0.2, 0.25) is 5.02 Å². The van der Waals surface area contributed by atoms with Gasteiger partial charge in [-0.3, -0.25) is 4.31 Å². The van der Waals surface area contributed by atoms with Crippen LogP contribution < -0.4 is 4.31 Å². The molecule has 2 aromatic rings. The second-order valence-electron chi connectivity index (χ2n) is 4.94. The molecule has 1 heterocycles. The fourth-order valence-corrected chi connectivity index (χ4v) is 4.33. The van der Waals surface area contributed by atoms with E-state index in [1.165, 1.54) is 24.3 Å². The third kappa shape index (κ3) is 2.34. The summed E-state index contributed by atoms with van der Waals surface area (Å²) in [5, 5.41) is 9.80. The van der Waals surface area contributed by atoms with Gasteiger partial charge in [0, 0.05) is 11.4 Å². The Morgan fingerprint density at radius 3 is 2.41 bits per heavy atom. The smallest absolute Gasteiger partial charge is 0.327 e. The molecule has 1 N–H and O–H groups in total. The Morgan fingerprint density at radius 1 is 1.14 bits per heavy atom. The van der Waals surface area contributed by atoms with Crippen LogP contribution in [0.25, 0.3) is 0 Å². The van der Waals surface area contributed by atoms with E-state index < -0.39 is 22.0 Å². The van der Waals surface area contributed by atoms with Crippen LogP contribution in [0.1, 0.15) is 5.56 Å². The van der Waals surface area contributed by atoms with Gasteiger partial charge in [-0.05, 0) is 35.9 Å². The van der Waals surface area contributed by atoms with Gasteiger partial charge < -0.3 is 5.11 Å². The summed E-state index contributed by atoms with van der Waals surface area (Å²) in [6.07, 6.45) is 0.151. The zero-order valence-corrected chi connectivity index (χ0v) is 12.9. The predicted octanol–water partition coefficient (Wildman–Crippen LogP) is 2.54. The lowest BCUT2D eigenvalue weighted by Crippen LogP contribution is -2.42. The number of nitrogens with zero attached hydrogens (tertiary/aromatic N) is 1. The molecule has 1 unspecified atom stereocenters. The van der Waals surface area contributed by atoms with Gasteiger partial charge >= 0.3 is 5.97 Å². The predicted molar refractivity (Wildman–Crippen MR) is 82.7 cm³/mol. The molecule has 114 valence electrons. The Labute approximate surface area is 132 Å². The molecule has 0 amide bonds. The van der Waals surface area contributed by atoms with Crippen molar-refractivity contribution >= 4 is 33.3 Å². The fraction of sp³-hybridized carbons (Fsp3) is 0.133. The molecule has 5 nitrogen and oxygen atoms in total. The minimum Gasteiger partial charge on any atom is -0.480 e. The molecule has 22 heavy (non-hydrogen) atoms. The molecule has 0 radical (unpaired) electrons. The van der Waals surface area contributed by atoms with Crippen LogP contribution in [-0.4, -0.2) is 25.5 Å². The molecule has 2 aromatic carbocycles. The summed E-state index contributed by atoms with van der Waals surface area (Å²) < 4.78 is 26.7. The van der Waals surface area contributed by atoms with Gasteiger partial charge in [-0.2, -0.15) is 0 Å². The molecule has 0 aromatic heterocycles. The van der Waals surface area contributed by atoms with E-state index in [9.17, 15) is 18.3 Å². The maximum absolute atomic E-state index is 12.8. The van der Waals surface area contributed by atoms with Crippen molar-refractivity contribution in [3.8, 4) is 0 Å². The van der Waals surface area contributed by atoms with Crippen LogP contribution in [-0.2, 0) is 21.2 Å². The lowest BCUT2D eigenvalue weighted by Gasteiger charge is -2.24. The topological polar surface area (TPSA) is 74.7 Å². The van der Waals surface area contributed by atoms with Crippen molar-refractivity contribution in [2.24, 2.45) is 0 Å². The van der Waals surface area contributed by atoms with Gasteiger partial charge in [0.05, 0.1) is 10.6 Å². The van der Waals surface area contributed by atoms with Crippen LogP contribution in [0.4, 0.5) is 5.69 Å². The highest BCUT2D eigenvalue weighted by molar-refractivity contribution is 7.93. The van der Waals surface area contributed by atoms with E-state index in [1.807, 2.05) is 0 Å². The monoisotopic (exact) mass is 337 g/mol. The van der Waals surface area contributed by atoms with Crippen LogP contribution in [0.3, 0.4) is 0 Å². The molecule has 1 aliphatic rings. The first-order valence-corrected chi connectivity index (χ1v) is 8.34. The summed E-state index contributed by atoms with van der Waals surface area (Å²) in [6, 6.07) is 11.3. The van der Waals surface area contributed by atoms with Gasteiger partial charge in [0.25, 0.3) is 10.0 Å². The van der Waals surface area contributed by atoms with Crippen molar-refractivity contribution in [3.05, 3.63) is 59.1 Å². The second kappa shape index (κ2) is 5.30. The summed E-state index contributed by atoms with van der Waals surface area (Å²) in [4.78, 5) is 11.5. The van der Waals surface area contributed by atoms with Crippen molar-refractivity contribution in [3.63, 3.8) is 0 Å². The standard InChI is InChI=1S/C15H12ClNO4S/c16-11-5-7-12(8-6-11)22(20,21)17-13-4-2-1-3-10(13)9-14(17)15(18)19/h1-8,14H,9H2,(H,18,19). The molecule has 7 heteroatoms. The maximum Gasteiger partial charge on any atom is 0.327 e. The molecule has 0 fully saturated rings. The van der Waals surface area contributed by atoms with Crippen molar-refractivity contribution in [2.45, 2.75) is 17.4 Å². The van der Waals surface area contributed by atoms with Crippen LogP contribution in [0, 0.1) is 0 Å². The molecular weight excluding hydrogens is 326 g/mol. The molecule has 1 atom stereocenters. The maximum atomic E-state index is 12.8. The minimum absolute atomic E-state index is 0.0138. The highest BCUT2D eigenvalue weighted by Crippen LogP contribution is 2.36. The van der Waals surface area contributed by atoms with Crippen LogP contribution >= 0.6 is 11.6 Å². The van der Waals surface area contributed by atoms with E-state index in [-0.39, 0.29) is 11.3 Å². The number of hydrogen-bond acceptors (Lipinski definition) is 3. The number of para-hydroxylation sites is 1. The van der Waals surface area contributed by atoms with Gasteiger partial charge in [-0.1, -0.05) is 29.8 Å². The first-order valence-electron chi connectivity index (χ1n) is 6.52. The van der Waals surface area contributed by atoms with Crippen LogP contribution in [0.15, 0.2) is 53.4 Å². The quantitative estimate of drug-likeness (QED) is 0.934.